The van der Waals surface area contributed by atoms with Crippen LogP contribution in [0, 0.1) is 0 Å². The van der Waals surface area contributed by atoms with Gasteiger partial charge in [-0.25, -0.2) is 21.6 Å². The van der Waals surface area contributed by atoms with Gasteiger partial charge in [-0.2, -0.15) is 13.2 Å². The van der Waals surface area contributed by atoms with Gasteiger partial charge in [0.05, 0.1) is 20.6 Å². The smallest absolute Gasteiger partial charge is 0.417 e. The minimum atomic E-state index is -4.90. The molecule has 1 heterocycles. The maximum absolute atomic E-state index is 13.3. The number of benzene rings is 2. The first-order valence-electron chi connectivity index (χ1n) is 8.92. The Morgan fingerprint density at radius 3 is 2.29 bits per heavy atom. The van der Waals surface area contributed by atoms with Crippen LogP contribution in [0.25, 0.3) is 0 Å². The molecule has 0 aliphatic carbocycles. The molecule has 168 valence electrons. The number of carboxylic acid groups (broad SMARTS) is 1. The Morgan fingerprint density at radius 1 is 1.06 bits per heavy atom. The number of alkyl halides is 3. The SMILES string of the molecule is CS(=O)(=O)c1cccc(N2C[C@H](S(=O)(=O)c3ccccc3C(F)(F)F)C[C@H]2C(=O)O)c1. The summed E-state index contributed by atoms with van der Waals surface area (Å²) in [5.74, 6) is -1.37. The number of anilines is 1. The van der Waals surface area contributed by atoms with E-state index in [9.17, 15) is 39.9 Å². The molecule has 7 nitrogen and oxygen atoms in total. The summed E-state index contributed by atoms with van der Waals surface area (Å²) in [5, 5.41) is 8.15. The summed E-state index contributed by atoms with van der Waals surface area (Å²) in [7, 11) is -8.16. The second kappa shape index (κ2) is 7.83. The van der Waals surface area contributed by atoms with Crippen molar-refractivity contribution in [3.8, 4) is 0 Å². The lowest BCUT2D eigenvalue weighted by atomic mass is 10.2. The molecule has 0 radical (unpaired) electrons. The fraction of sp³-hybridized carbons (Fsp3) is 0.316. The van der Waals surface area contributed by atoms with Crippen molar-refractivity contribution in [2.45, 2.75) is 33.7 Å². The zero-order valence-corrected chi connectivity index (χ0v) is 17.7. The molecule has 1 fully saturated rings. The van der Waals surface area contributed by atoms with Gasteiger partial charge >= 0.3 is 12.1 Å². The molecule has 0 bridgehead atoms. The molecule has 1 N–H and O–H groups in total. The van der Waals surface area contributed by atoms with Crippen LogP contribution in [-0.4, -0.2) is 52.0 Å². The first-order chi connectivity index (χ1) is 14.2. The van der Waals surface area contributed by atoms with E-state index in [4.69, 9.17) is 0 Å². The summed E-state index contributed by atoms with van der Waals surface area (Å²) in [5.41, 5.74) is -1.17. The van der Waals surface area contributed by atoms with Crippen LogP contribution in [0.3, 0.4) is 0 Å². The number of nitrogens with zero attached hydrogens (tertiary/aromatic N) is 1. The Hall–Kier alpha value is -2.60. The van der Waals surface area contributed by atoms with Crippen molar-refractivity contribution in [3.05, 3.63) is 54.1 Å². The zero-order valence-electron chi connectivity index (χ0n) is 16.1. The third-order valence-electron chi connectivity index (χ3n) is 5.06. The van der Waals surface area contributed by atoms with Gasteiger partial charge < -0.3 is 10.0 Å². The monoisotopic (exact) mass is 477 g/mol. The first-order valence-corrected chi connectivity index (χ1v) is 12.4. The van der Waals surface area contributed by atoms with Gasteiger partial charge in [0.25, 0.3) is 0 Å². The highest BCUT2D eigenvalue weighted by molar-refractivity contribution is 7.92. The molecule has 1 aliphatic heterocycles. The van der Waals surface area contributed by atoms with Crippen LogP contribution in [0.15, 0.2) is 58.3 Å². The molecule has 3 rings (SSSR count). The fourth-order valence-corrected chi connectivity index (χ4v) is 6.13. The Balaban J connectivity index is 2.04. The molecular formula is C19H18F3NO6S2. The second-order valence-corrected chi connectivity index (χ2v) is 11.4. The summed E-state index contributed by atoms with van der Waals surface area (Å²) in [6.07, 6.45) is -4.39. The third-order valence-corrected chi connectivity index (χ3v) is 8.36. The van der Waals surface area contributed by atoms with Crippen molar-refractivity contribution < 1.29 is 39.9 Å². The maximum atomic E-state index is 13.3. The lowest BCUT2D eigenvalue weighted by Crippen LogP contribution is -2.36. The van der Waals surface area contributed by atoms with E-state index in [0.717, 1.165) is 18.4 Å². The highest BCUT2D eigenvalue weighted by Gasteiger charge is 2.46. The van der Waals surface area contributed by atoms with Crippen LogP contribution in [0.4, 0.5) is 18.9 Å². The molecule has 1 aliphatic rings. The number of sulfone groups is 2. The Kier molecular flexibility index (Phi) is 5.82. The van der Waals surface area contributed by atoms with Gasteiger partial charge in [0.15, 0.2) is 19.7 Å². The van der Waals surface area contributed by atoms with E-state index in [-0.39, 0.29) is 10.6 Å². The van der Waals surface area contributed by atoms with Crippen LogP contribution in [0.1, 0.15) is 12.0 Å². The summed E-state index contributed by atoms with van der Waals surface area (Å²) in [4.78, 5) is 11.9. The standard InChI is InChI=1S/C19H18F3NO6S2/c1-30(26,27)13-6-4-5-12(9-13)23-11-14(10-16(23)18(24)25)31(28,29)17-8-3-2-7-15(17)19(20,21)22/h2-9,14,16H,10-11H2,1H3,(H,24,25)/t14-,16+/m1/s1. The highest BCUT2D eigenvalue weighted by Crippen LogP contribution is 2.38. The van der Waals surface area contributed by atoms with Crippen molar-refractivity contribution in [2.75, 3.05) is 17.7 Å². The Labute approximate surface area is 177 Å². The molecule has 31 heavy (non-hydrogen) atoms. The molecule has 2 aromatic carbocycles. The van der Waals surface area contributed by atoms with Gasteiger partial charge in [-0.15, -0.1) is 0 Å². The molecule has 0 aromatic heterocycles. The number of hydrogen-bond acceptors (Lipinski definition) is 6. The number of aliphatic carboxylic acids is 1. The molecule has 12 heteroatoms. The average Bonchev–Trinajstić information content (AvgIpc) is 3.13. The van der Waals surface area contributed by atoms with Gasteiger partial charge in [0, 0.05) is 18.5 Å². The number of carbonyl (C=O) groups is 1. The van der Waals surface area contributed by atoms with Gasteiger partial charge in [0.2, 0.25) is 0 Å². The minimum absolute atomic E-state index is 0.0946. The number of halogens is 3. The van der Waals surface area contributed by atoms with Crippen LogP contribution >= 0.6 is 0 Å². The molecule has 0 spiro atoms. The van der Waals surface area contributed by atoms with Crippen LogP contribution in [-0.2, 0) is 30.6 Å². The lowest BCUT2D eigenvalue weighted by molar-refractivity contribution is -0.140. The molecule has 0 saturated carbocycles. The third kappa shape index (κ3) is 4.54. The minimum Gasteiger partial charge on any atom is -0.480 e. The molecular weight excluding hydrogens is 459 g/mol. The fourth-order valence-electron chi connectivity index (χ4n) is 3.56. The first kappa shape index (κ1) is 23.1. The van der Waals surface area contributed by atoms with Crippen molar-refractivity contribution in [3.63, 3.8) is 0 Å². The van der Waals surface area contributed by atoms with E-state index in [1.807, 2.05) is 0 Å². The van der Waals surface area contributed by atoms with E-state index >= 15 is 0 Å². The topological polar surface area (TPSA) is 109 Å². The zero-order chi connectivity index (χ0) is 23.2. The summed E-state index contributed by atoms with van der Waals surface area (Å²) < 4.78 is 89.8. The predicted molar refractivity (Wildman–Crippen MR) is 105 cm³/mol. The van der Waals surface area contributed by atoms with Crippen molar-refractivity contribution in [1.29, 1.82) is 0 Å². The van der Waals surface area contributed by atoms with Crippen molar-refractivity contribution >= 4 is 31.3 Å². The largest absolute Gasteiger partial charge is 0.480 e. The van der Waals surface area contributed by atoms with E-state index in [0.29, 0.717) is 6.07 Å². The van der Waals surface area contributed by atoms with Crippen molar-refractivity contribution in [1.82, 2.24) is 0 Å². The van der Waals surface area contributed by atoms with E-state index < -0.39 is 66.5 Å². The van der Waals surface area contributed by atoms with Gasteiger partial charge in [-0.05, 0) is 36.8 Å². The molecule has 1 saturated heterocycles. The average molecular weight is 477 g/mol. The Bertz CT molecular complexity index is 1230. The van der Waals surface area contributed by atoms with Crippen molar-refractivity contribution in [2.24, 2.45) is 0 Å². The van der Waals surface area contributed by atoms with Gasteiger partial charge in [-0.3, -0.25) is 0 Å². The van der Waals surface area contributed by atoms with Gasteiger partial charge in [-0.1, -0.05) is 18.2 Å². The normalized spacial score (nSPS) is 20.1. The van der Waals surface area contributed by atoms with E-state index in [2.05, 4.69) is 0 Å². The molecule has 2 atom stereocenters. The number of hydrogen-bond donors (Lipinski definition) is 1. The molecule has 0 amide bonds. The maximum Gasteiger partial charge on any atom is 0.417 e. The predicted octanol–water partition coefficient (Wildman–Crippen LogP) is 2.61. The highest BCUT2D eigenvalue weighted by atomic mass is 32.2. The molecule has 0 unspecified atom stereocenters. The van der Waals surface area contributed by atoms with Crippen LogP contribution in [0.5, 0.6) is 0 Å². The number of carboxylic acids is 1. The van der Waals surface area contributed by atoms with Crippen LogP contribution in [0.2, 0.25) is 0 Å². The lowest BCUT2D eigenvalue weighted by Gasteiger charge is -2.24. The van der Waals surface area contributed by atoms with Gasteiger partial charge in [0.1, 0.15) is 6.04 Å². The van der Waals surface area contributed by atoms with E-state index in [1.165, 1.54) is 35.2 Å². The summed E-state index contributed by atoms with van der Waals surface area (Å²) >= 11 is 0. The Morgan fingerprint density at radius 2 is 1.71 bits per heavy atom. The second-order valence-electron chi connectivity index (χ2n) is 7.17. The van der Waals surface area contributed by atoms with Crippen LogP contribution < -0.4 is 4.90 Å². The quantitative estimate of drug-likeness (QED) is 0.705. The molecule has 2 aromatic rings. The summed E-state index contributed by atoms with van der Waals surface area (Å²) in [6, 6.07) is 7.70. The summed E-state index contributed by atoms with van der Waals surface area (Å²) in [6.45, 7) is -0.404. The van der Waals surface area contributed by atoms with E-state index in [1.54, 1.807) is 0 Å². The number of rotatable bonds is 5.